The molecule has 2 heterocycles. The molecule has 1 aliphatic heterocycles. The van der Waals surface area contributed by atoms with Crippen molar-refractivity contribution in [3.63, 3.8) is 0 Å². The van der Waals surface area contributed by atoms with Gasteiger partial charge in [-0.25, -0.2) is 4.58 Å². The summed E-state index contributed by atoms with van der Waals surface area (Å²) in [4.78, 5) is 0. The second-order valence-electron chi connectivity index (χ2n) is 6.32. The smallest absolute Gasteiger partial charge is 0.207 e. The van der Waals surface area contributed by atoms with Gasteiger partial charge in [0.2, 0.25) is 5.36 Å². The van der Waals surface area contributed by atoms with E-state index < -0.39 is 0 Å². The molecule has 24 heavy (non-hydrogen) atoms. The van der Waals surface area contributed by atoms with Crippen LogP contribution in [0.25, 0.3) is 22.6 Å². The van der Waals surface area contributed by atoms with Crippen molar-refractivity contribution < 1.29 is 4.42 Å². The fourth-order valence-corrected chi connectivity index (χ4v) is 3.31. The average molecular weight is 316 g/mol. The highest BCUT2D eigenvalue weighted by Crippen LogP contribution is 2.24. The lowest BCUT2D eigenvalue weighted by Crippen LogP contribution is -2.34. The molecule has 1 aliphatic rings. The van der Waals surface area contributed by atoms with Crippen LogP contribution in [-0.4, -0.2) is 13.1 Å². The SMILES string of the molecule is c1ccc(-c2cc(=[N+]3CCCCC3)cc(-c3ccccc3)o2)cc1. The normalized spacial score (nSPS) is 14.6. The summed E-state index contributed by atoms with van der Waals surface area (Å²) < 4.78 is 8.74. The van der Waals surface area contributed by atoms with Crippen molar-refractivity contribution in [3.05, 3.63) is 78.2 Å². The van der Waals surface area contributed by atoms with Gasteiger partial charge in [0.05, 0.1) is 12.1 Å². The summed E-state index contributed by atoms with van der Waals surface area (Å²) in [5.74, 6) is 1.86. The quantitative estimate of drug-likeness (QED) is 0.633. The lowest BCUT2D eigenvalue weighted by Gasteiger charge is -2.11. The zero-order chi connectivity index (χ0) is 16.2. The Morgan fingerprint density at radius 2 is 1.12 bits per heavy atom. The highest BCUT2D eigenvalue weighted by atomic mass is 16.3. The first kappa shape index (κ1) is 14.9. The van der Waals surface area contributed by atoms with E-state index in [1.54, 1.807) is 0 Å². The Hall–Kier alpha value is -2.61. The molecule has 0 amide bonds. The van der Waals surface area contributed by atoms with Gasteiger partial charge in [-0.15, -0.1) is 0 Å². The van der Waals surface area contributed by atoms with Crippen molar-refractivity contribution in [1.29, 1.82) is 0 Å². The van der Waals surface area contributed by atoms with Crippen LogP contribution < -0.4 is 9.93 Å². The van der Waals surface area contributed by atoms with E-state index in [1.165, 1.54) is 24.6 Å². The minimum absolute atomic E-state index is 0.928. The standard InChI is InChI=1S/C22H22NO/c1-4-10-18(11-5-1)21-16-20(23-14-8-3-9-15-23)17-22(24-21)19-12-6-2-7-13-19/h1-2,4-7,10-13,16-17H,3,8-9,14-15H2/q+1. The summed E-state index contributed by atoms with van der Waals surface area (Å²) in [7, 11) is 0. The van der Waals surface area contributed by atoms with Crippen LogP contribution in [0.3, 0.4) is 0 Å². The molecule has 0 bridgehead atoms. The summed E-state index contributed by atoms with van der Waals surface area (Å²) in [6.07, 6.45) is 3.88. The molecule has 0 unspecified atom stereocenters. The molecule has 2 nitrogen and oxygen atoms in total. The molecule has 1 fully saturated rings. The van der Waals surface area contributed by atoms with Crippen molar-refractivity contribution in [2.45, 2.75) is 19.3 Å². The van der Waals surface area contributed by atoms with Gasteiger partial charge < -0.3 is 4.42 Å². The van der Waals surface area contributed by atoms with Crippen molar-refractivity contribution in [2.75, 3.05) is 13.1 Å². The molecule has 2 heteroatoms. The zero-order valence-corrected chi connectivity index (χ0v) is 13.8. The fraction of sp³-hybridized carbons (Fsp3) is 0.227. The minimum atomic E-state index is 0.928. The number of hydrogen-bond acceptors (Lipinski definition) is 1. The van der Waals surface area contributed by atoms with Crippen LogP contribution in [0.1, 0.15) is 19.3 Å². The lowest BCUT2D eigenvalue weighted by atomic mass is 10.1. The molecule has 1 aromatic heterocycles. The van der Waals surface area contributed by atoms with E-state index in [2.05, 4.69) is 65.2 Å². The zero-order valence-electron chi connectivity index (χ0n) is 13.8. The maximum Gasteiger partial charge on any atom is 0.207 e. The topological polar surface area (TPSA) is 16.1 Å². The van der Waals surface area contributed by atoms with E-state index in [0.717, 1.165) is 35.7 Å². The van der Waals surface area contributed by atoms with Gasteiger partial charge in [-0.3, -0.25) is 0 Å². The Morgan fingerprint density at radius 3 is 1.62 bits per heavy atom. The molecular formula is C22H22NO+. The minimum Gasteiger partial charge on any atom is -0.456 e. The number of benzene rings is 2. The molecule has 120 valence electrons. The van der Waals surface area contributed by atoms with E-state index in [-0.39, 0.29) is 0 Å². The number of piperidine rings is 1. The van der Waals surface area contributed by atoms with Gasteiger partial charge in [0.25, 0.3) is 0 Å². The van der Waals surface area contributed by atoms with Gasteiger partial charge in [0.1, 0.15) is 24.6 Å². The third-order valence-electron chi connectivity index (χ3n) is 4.62. The molecule has 0 aliphatic carbocycles. The van der Waals surface area contributed by atoms with Crippen LogP contribution >= 0.6 is 0 Å². The van der Waals surface area contributed by atoms with Crippen LogP contribution in [0.2, 0.25) is 0 Å². The Bertz CT molecular complexity index is 810. The Balaban J connectivity index is 1.91. The third kappa shape index (κ3) is 3.18. The number of rotatable bonds is 2. The van der Waals surface area contributed by atoms with E-state index in [1.807, 2.05) is 12.1 Å². The second kappa shape index (κ2) is 6.88. The van der Waals surface area contributed by atoms with Crippen molar-refractivity contribution in [2.24, 2.45) is 0 Å². The molecule has 0 radical (unpaired) electrons. The van der Waals surface area contributed by atoms with Crippen molar-refractivity contribution in [3.8, 4) is 22.6 Å². The molecule has 0 saturated carbocycles. The Labute approximate surface area is 142 Å². The van der Waals surface area contributed by atoms with E-state index in [0.29, 0.717) is 0 Å². The van der Waals surface area contributed by atoms with Gasteiger partial charge in [0.15, 0.2) is 0 Å². The molecule has 0 spiro atoms. The first-order valence-electron chi connectivity index (χ1n) is 8.74. The first-order valence-corrected chi connectivity index (χ1v) is 8.74. The summed E-state index contributed by atoms with van der Waals surface area (Å²) in [6, 6.07) is 25.1. The van der Waals surface area contributed by atoms with Gasteiger partial charge >= 0.3 is 0 Å². The molecule has 0 atom stereocenters. The molecule has 4 rings (SSSR count). The molecule has 3 aromatic rings. The van der Waals surface area contributed by atoms with Gasteiger partial charge in [-0.05, 0) is 6.42 Å². The molecular weight excluding hydrogens is 294 g/mol. The predicted octanol–water partition coefficient (Wildman–Crippen LogP) is 4.57. The summed E-state index contributed by atoms with van der Waals surface area (Å²) in [5, 5.41) is 1.26. The van der Waals surface area contributed by atoms with Crippen LogP contribution in [-0.2, 0) is 0 Å². The molecule has 2 aromatic carbocycles. The summed E-state index contributed by atoms with van der Waals surface area (Å²) >= 11 is 0. The number of nitrogens with zero attached hydrogens (tertiary/aromatic N) is 1. The predicted molar refractivity (Wildman–Crippen MR) is 98.4 cm³/mol. The maximum atomic E-state index is 6.25. The Morgan fingerprint density at radius 1 is 0.625 bits per heavy atom. The fourth-order valence-electron chi connectivity index (χ4n) is 3.31. The third-order valence-corrected chi connectivity index (χ3v) is 4.62. The van der Waals surface area contributed by atoms with E-state index in [9.17, 15) is 0 Å². The number of hydrogen-bond donors (Lipinski definition) is 0. The monoisotopic (exact) mass is 316 g/mol. The van der Waals surface area contributed by atoms with Gasteiger partial charge in [0, 0.05) is 24.0 Å². The van der Waals surface area contributed by atoms with Crippen LogP contribution in [0.15, 0.2) is 77.2 Å². The first-order chi connectivity index (χ1) is 11.9. The highest BCUT2D eigenvalue weighted by molar-refractivity contribution is 5.62. The van der Waals surface area contributed by atoms with Crippen LogP contribution in [0.4, 0.5) is 0 Å². The lowest BCUT2D eigenvalue weighted by molar-refractivity contribution is 0.449. The summed E-state index contributed by atoms with van der Waals surface area (Å²) in [5.41, 5.74) is 2.24. The van der Waals surface area contributed by atoms with Gasteiger partial charge in [-0.2, -0.15) is 0 Å². The van der Waals surface area contributed by atoms with Crippen LogP contribution in [0.5, 0.6) is 0 Å². The second-order valence-corrected chi connectivity index (χ2v) is 6.32. The Kier molecular flexibility index (Phi) is 4.28. The van der Waals surface area contributed by atoms with E-state index in [4.69, 9.17) is 4.42 Å². The van der Waals surface area contributed by atoms with Crippen molar-refractivity contribution >= 4 is 0 Å². The average Bonchev–Trinajstić information content (AvgIpc) is 2.70. The van der Waals surface area contributed by atoms with E-state index >= 15 is 0 Å². The largest absolute Gasteiger partial charge is 0.456 e. The van der Waals surface area contributed by atoms with Gasteiger partial charge in [-0.1, -0.05) is 60.7 Å². The van der Waals surface area contributed by atoms with Crippen LogP contribution in [0, 0.1) is 0 Å². The highest BCUT2D eigenvalue weighted by Gasteiger charge is 2.15. The maximum absolute atomic E-state index is 6.25. The molecule has 0 N–H and O–H groups in total. The summed E-state index contributed by atoms with van der Waals surface area (Å²) in [6.45, 7) is 2.26. The molecule has 1 saturated heterocycles. The van der Waals surface area contributed by atoms with Crippen molar-refractivity contribution in [1.82, 2.24) is 4.58 Å².